The van der Waals surface area contributed by atoms with Crippen molar-refractivity contribution in [3.05, 3.63) is 40.9 Å². The number of hydrogen-bond acceptors (Lipinski definition) is 2. The van der Waals surface area contributed by atoms with Gasteiger partial charge in [-0.25, -0.2) is 0 Å². The van der Waals surface area contributed by atoms with Gasteiger partial charge in [-0.3, -0.25) is 9.59 Å². The second-order valence-corrected chi connectivity index (χ2v) is 6.50. The Kier molecular flexibility index (Phi) is 3.85. The number of amides is 1. The fraction of sp³-hybridized carbons (Fsp3) is 0.375. The van der Waals surface area contributed by atoms with Crippen LogP contribution in [0.15, 0.2) is 40.9 Å². The highest BCUT2D eigenvalue weighted by Gasteiger charge is 2.48. The Bertz CT molecular complexity index is 613. The van der Waals surface area contributed by atoms with E-state index in [1.54, 1.807) is 6.07 Å². The van der Waals surface area contributed by atoms with E-state index in [0.717, 1.165) is 17.3 Å². The molecule has 1 saturated carbocycles. The van der Waals surface area contributed by atoms with E-state index in [-0.39, 0.29) is 17.7 Å². The normalized spacial score (nSPS) is 30.1. The molecule has 110 valence electrons. The summed E-state index contributed by atoms with van der Waals surface area (Å²) in [5.41, 5.74) is 0.678. The molecule has 5 heteroatoms. The molecule has 2 N–H and O–H groups in total. The molecule has 1 aromatic carbocycles. The number of carbonyl (C=O) groups is 2. The van der Waals surface area contributed by atoms with E-state index in [2.05, 4.69) is 21.2 Å². The molecule has 4 atom stereocenters. The number of anilines is 1. The molecule has 0 unspecified atom stereocenters. The van der Waals surface area contributed by atoms with Crippen molar-refractivity contribution in [1.82, 2.24) is 0 Å². The molecule has 3 aliphatic carbocycles. The van der Waals surface area contributed by atoms with Crippen LogP contribution < -0.4 is 5.32 Å². The molecule has 1 amide bonds. The van der Waals surface area contributed by atoms with Gasteiger partial charge in [0.1, 0.15) is 0 Å². The molecule has 0 aromatic heterocycles. The highest BCUT2D eigenvalue weighted by molar-refractivity contribution is 9.10. The number of nitrogens with one attached hydrogen (secondary N) is 1. The van der Waals surface area contributed by atoms with Gasteiger partial charge in [-0.1, -0.05) is 24.3 Å². The monoisotopic (exact) mass is 349 g/mol. The smallest absolute Gasteiger partial charge is 0.307 e. The van der Waals surface area contributed by atoms with Gasteiger partial charge in [0.05, 0.1) is 17.5 Å². The van der Waals surface area contributed by atoms with E-state index in [0.29, 0.717) is 5.69 Å². The third-order valence-corrected chi connectivity index (χ3v) is 5.16. The van der Waals surface area contributed by atoms with Gasteiger partial charge < -0.3 is 10.4 Å². The Hall–Kier alpha value is -1.62. The molecule has 1 aromatic rings. The van der Waals surface area contributed by atoms with Crippen molar-refractivity contribution in [3.63, 3.8) is 0 Å². The standard InChI is InChI=1S/C16H16BrNO3/c17-11-3-1-2-4-12(11)18-15(19)13-9-5-7-10(8-6-9)14(13)16(20)21/h1-5,7,9-10,13-14H,6,8H2,(H,18,19)(H,20,21)/t9-,10-,13+,14+/m0/s1. The Balaban J connectivity index is 1.85. The van der Waals surface area contributed by atoms with Gasteiger partial charge in [0.15, 0.2) is 0 Å². The van der Waals surface area contributed by atoms with Crippen molar-refractivity contribution in [2.24, 2.45) is 23.7 Å². The summed E-state index contributed by atoms with van der Waals surface area (Å²) in [7, 11) is 0. The van der Waals surface area contributed by atoms with E-state index in [4.69, 9.17) is 0 Å². The molecule has 2 bridgehead atoms. The van der Waals surface area contributed by atoms with Crippen LogP contribution in [0, 0.1) is 23.7 Å². The summed E-state index contributed by atoms with van der Waals surface area (Å²) in [5, 5.41) is 12.3. The first-order chi connectivity index (χ1) is 10.1. The van der Waals surface area contributed by atoms with Crippen molar-refractivity contribution in [2.45, 2.75) is 12.8 Å². The molecule has 21 heavy (non-hydrogen) atoms. The van der Waals surface area contributed by atoms with E-state index in [1.165, 1.54) is 0 Å². The van der Waals surface area contributed by atoms with E-state index >= 15 is 0 Å². The van der Waals surface area contributed by atoms with Crippen LogP contribution in [0.4, 0.5) is 5.69 Å². The molecule has 0 aliphatic heterocycles. The topological polar surface area (TPSA) is 66.4 Å². The van der Waals surface area contributed by atoms with Crippen molar-refractivity contribution >= 4 is 33.5 Å². The summed E-state index contributed by atoms with van der Waals surface area (Å²) in [6.45, 7) is 0. The number of para-hydroxylation sites is 1. The summed E-state index contributed by atoms with van der Waals surface area (Å²) in [4.78, 5) is 24.2. The molecule has 4 rings (SSSR count). The van der Waals surface area contributed by atoms with Gasteiger partial charge in [-0.2, -0.15) is 0 Å². The SMILES string of the molecule is O=C(O)[C@H]1[C@H](C(=O)Nc2ccccc2Br)[C@H]2C=C[C@H]1CC2. The lowest BCUT2D eigenvalue weighted by molar-refractivity contribution is -0.151. The van der Waals surface area contributed by atoms with Gasteiger partial charge >= 0.3 is 5.97 Å². The summed E-state index contributed by atoms with van der Waals surface area (Å²) in [5.74, 6) is -2.18. The van der Waals surface area contributed by atoms with Crippen LogP contribution in [0.1, 0.15) is 12.8 Å². The predicted octanol–water partition coefficient (Wildman–Crippen LogP) is 3.30. The third kappa shape index (κ3) is 2.62. The molecule has 0 radical (unpaired) electrons. The third-order valence-electron chi connectivity index (χ3n) is 4.47. The van der Waals surface area contributed by atoms with Gasteiger partial charge in [0.25, 0.3) is 0 Å². The minimum absolute atomic E-state index is 0.0255. The molecular formula is C16H16BrNO3. The molecular weight excluding hydrogens is 334 g/mol. The summed E-state index contributed by atoms with van der Waals surface area (Å²) < 4.78 is 0.793. The molecule has 0 saturated heterocycles. The van der Waals surface area contributed by atoms with E-state index < -0.39 is 17.8 Å². The molecule has 0 heterocycles. The highest BCUT2D eigenvalue weighted by atomic mass is 79.9. The molecule has 1 fully saturated rings. The average Bonchev–Trinajstić information content (AvgIpc) is 2.49. The van der Waals surface area contributed by atoms with Crippen molar-refractivity contribution in [1.29, 1.82) is 0 Å². The van der Waals surface area contributed by atoms with Crippen LogP contribution >= 0.6 is 15.9 Å². The second-order valence-electron chi connectivity index (χ2n) is 5.65. The first kappa shape index (κ1) is 14.3. The van der Waals surface area contributed by atoms with Crippen LogP contribution in [-0.4, -0.2) is 17.0 Å². The lowest BCUT2D eigenvalue weighted by atomic mass is 9.62. The fourth-order valence-electron chi connectivity index (χ4n) is 3.47. The fourth-order valence-corrected chi connectivity index (χ4v) is 3.85. The summed E-state index contributed by atoms with van der Waals surface area (Å²) in [6, 6.07) is 7.35. The highest BCUT2D eigenvalue weighted by Crippen LogP contribution is 2.45. The maximum Gasteiger partial charge on any atom is 0.307 e. The Morgan fingerprint density at radius 3 is 2.29 bits per heavy atom. The summed E-state index contributed by atoms with van der Waals surface area (Å²) in [6.07, 6.45) is 5.73. The molecule has 0 spiro atoms. The zero-order valence-corrected chi connectivity index (χ0v) is 12.9. The number of carboxylic acids is 1. The number of halogens is 1. The van der Waals surface area contributed by atoms with Gasteiger partial charge in [0.2, 0.25) is 5.91 Å². The van der Waals surface area contributed by atoms with Crippen molar-refractivity contribution < 1.29 is 14.7 Å². The quantitative estimate of drug-likeness (QED) is 0.822. The Labute approximate surface area is 131 Å². The zero-order chi connectivity index (χ0) is 15.0. The number of hydrogen-bond donors (Lipinski definition) is 2. The zero-order valence-electron chi connectivity index (χ0n) is 11.3. The molecule has 4 nitrogen and oxygen atoms in total. The van der Waals surface area contributed by atoms with Crippen LogP contribution in [0.25, 0.3) is 0 Å². The van der Waals surface area contributed by atoms with Gasteiger partial charge in [0, 0.05) is 4.47 Å². The van der Waals surface area contributed by atoms with E-state index in [9.17, 15) is 14.7 Å². The minimum atomic E-state index is -0.874. The lowest BCUT2D eigenvalue weighted by Crippen LogP contribution is -2.47. The van der Waals surface area contributed by atoms with E-state index in [1.807, 2.05) is 30.4 Å². The van der Waals surface area contributed by atoms with Gasteiger partial charge in [-0.05, 0) is 52.7 Å². The number of carbonyl (C=O) groups excluding carboxylic acids is 1. The first-order valence-electron chi connectivity index (χ1n) is 7.04. The van der Waals surface area contributed by atoms with Crippen LogP contribution in [0.5, 0.6) is 0 Å². The number of rotatable bonds is 3. The van der Waals surface area contributed by atoms with Crippen molar-refractivity contribution in [2.75, 3.05) is 5.32 Å². The van der Waals surface area contributed by atoms with Crippen LogP contribution in [0.3, 0.4) is 0 Å². The number of aliphatic carboxylic acids is 1. The number of carboxylic acid groups (broad SMARTS) is 1. The Morgan fingerprint density at radius 2 is 1.71 bits per heavy atom. The number of fused-ring (bicyclic) bond motifs is 2. The number of benzene rings is 1. The van der Waals surface area contributed by atoms with Gasteiger partial charge in [-0.15, -0.1) is 0 Å². The maximum absolute atomic E-state index is 12.6. The Morgan fingerprint density at radius 1 is 1.10 bits per heavy atom. The minimum Gasteiger partial charge on any atom is -0.481 e. The summed E-state index contributed by atoms with van der Waals surface area (Å²) >= 11 is 3.39. The second kappa shape index (κ2) is 5.64. The number of allylic oxidation sites excluding steroid dienone is 2. The molecule has 3 aliphatic rings. The first-order valence-corrected chi connectivity index (χ1v) is 7.84. The lowest BCUT2D eigenvalue weighted by Gasteiger charge is -2.41. The maximum atomic E-state index is 12.6. The largest absolute Gasteiger partial charge is 0.481 e. The predicted molar refractivity (Wildman–Crippen MR) is 82.7 cm³/mol. The van der Waals surface area contributed by atoms with Crippen LogP contribution in [0.2, 0.25) is 0 Å². The van der Waals surface area contributed by atoms with Crippen LogP contribution in [-0.2, 0) is 9.59 Å². The average molecular weight is 350 g/mol. The van der Waals surface area contributed by atoms with Crippen molar-refractivity contribution in [3.8, 4) is 0 Å².